The van der Waals surface area contributed by atoms with Gasteiger partial charge in [-0.2, -0.15) is 0 Å². The van der Waals surface area contributed by atoms with E-state index in [2.05, 4.69) is 15.4 Å². The molecule has 4 N–H and O–H groups in total. The molecule has 7 nitrogen and oxygen atoms in total. The summed E-state index contributed by atoms with van der Waals surface area (Å²) in [5, 5.41) is 6.12. The topological polar surface area (TPSA) is 106 Å². The summed E-state index contributed by atoms with van der Waals surface area (Å²) in [6.07, 6.45) is 0.179. The molecule has 8 heteroatoms. The van der Waals surface area contributed by atoms with E-state index in [0.29, 0.717) is 17.6 Å². The molecule has 0 aromatic carbocycles. The number of nitrogens with two attached hydrogens (primary N) is 1. The summed E-state index contributed by atoms with van der Waals surface area (Å²) in [4.78, 5) is 28.7. The van der Waals surface area contributed by atoms with Gasteiger partial charge in [-0.05, 0) is 38.8 Å². The normalized spacial score (nSPS) is 11.4. The molecule has 0 aliphatic heterocycles. The number of rotatable bonds is 4. The molecule has 2 heterocycles. The van der Waals surface area contributed by atoms with Crippen molar-refractivity contribution in [2.75, 3.05) is 6.54 Å². The maximum absolute atomic E-state index is 12.2. The van der Waals surface area contributed by atoms with Crippen LogP contribution >= 0.6 is 12.4 Å². The Morgan fingerprint density at radius 2 is 2.00 bits per heavy atom. The highest BCUT2D eigenvalue weighted by Crippen LogP contribution is 2.20. The number of nitrogens with one attached hydrogen (secondary N) is 2. The minimum atomic E-state index is -0.458. The van der Waals surface area contributed by atoms with Gasteiger partial charge >= 0.3 is 0 Å². The highest BCUT2D eigenvalue weighted by Gasteiger charge is 2.21. The molecule has 1 amide bonds. The summed E-state index contributed by atoms with van der Waals surface area (Å²) in [5.41, 5.74) is 7.92. The van der Waals surface area contributed by atoms with Crippen LogP contribution in [0, 0.1) is 13.8 Å². The molecule has 23 heavy (non-hydrogen) atoms. The van der Waals surface area contributed by atoms with Crippen LogP contribution in [-0.2, 0) is 18.3 Å². The van der Waals surface area contributed by atoms with Crippen molar-refractivity contribution in [1.29, 1.82) is 0 Å². The average molecular weight is 342 g/mol. The Bertz CT molecular complexity index is 791. The number of hydrogen-bond acceptors (Lipinski definition) is 4. The number of amides is 1. The summed E-state index contributed by atoms with van der Waals surface area (Å²) >= 11 is 0. The molecule has 0 aliphatic carbocycles. The molecule has 0 radical (unpaired) electrons. The SMILES string of the molecule is Cc1nc2c(c(C)c1CC(=O)NC(C)(C)CN)c(=O)[nH]n2C.Cl. The number of pyridine rings is 1. The van der Waals surface area contributed by atoms with Gasteiger partial charge in [0.05, 0.1) is 11.8 Å². The highest BCUT2D eigenvalue weighted by molar-refractivity contribution is 5.85. The molecule has 0 fully saturated rings. The second-order valence-corrected chi connectivity index (χ2v) is 6.31. The van der Waals surface area contributed by atoms with E-state index in [1.165, 1.54) is 0 Å². The molecular weight excluding hydrogens is 318 g/mol. The lowest BCUT2D eigenvalue weighted by Gasteiger charge is -2.24. The zero-order chi connectivity index (χ0) is 16.7. The minimum Gasteiger partial charge on any atom is -0.350 e. The number of carbonyl (C=O) groups is 1. The first kappa shape index (κ1) is 19.2. The lowest BCUT2D eigenvalue weighted by atomic mass is 10.00. The number of aromatic amines is 1. The van der Waals surface area contributed by atoms with Crippen LogP contribution in [0.25, 0.3) is 11.0 Å². The number of carbonyl (C=O) groups excluding carboxylic acids is 1. The zero-order valence-electron chi connectivity index (χ0n) is 14.1. The van der Waals surface area contributed by atoms with E-state index in [-0.39, 0.29) is 30.3 Å². The van der Waals surface area contributed by atoms with Crippen molar-refractivity contribution in [1.82, 2.24) is 20.1 Å². The van der Waals surface area contributed by atoms with Crippen molar-refractivity contribution in [3.05, 3.63) is 27.2 Å². The van der Waals surface area contributed by atoms with Crippen LogP contribution in [0.5, 0.6) is 0 Å². The largest absolute Gasteiger partial charge is 0.350 e. The molecular formula is C15H24ClN5O2. The third-order valence-corrected chi connectivity index (χ3v) is 3.90. The number of fused-ring (bicyclic) bond motifs is 1. The molecule has 0 aliphatic rings. The molecule has 2 aromatic rings. The maximum Gasteiger partial charge on any atom is 0.273 e. The monoisotopic (exact) mass is 341 g/mol. The van der Waals surface area contributed by atoms with Gasteiger partial charge < -0.3 is 11.1 Å². The Morgan fingerprint density at radius 1 is 1.39 bits per heavy atom. The van der Waals surface area contributed by atoms with Crippen LogP contribution < -0.4 is 16.6 Å². The van der Waals surface area contributed by atoms with Crippen molar-refractivity contribution < 1.29 is 4.79 Å². The van der Waals surface area contributed by atoms with Gasteiger partial charge in [-0.15, -0.1) is 12.4 Å². The summed E-state index contributed by atoms with van der Waals surface area (Å²) < 4.78 is 1.60. The predicted octanol–water partition coefficient (Wildman–Crippen LogP) is 0.696. The Hall–Kier alpha value is -1.86. The average Bonchev–Trinajstić information content (AvgIpc) is 2.69. The van der Waals surface area contributed by atoms with Crippen LogP contribution in [0.1, 0.15) is 30.7 Å². The van der Waals surface area contributed by atoms with E-state index in [1.54, 1.807) is 11.7 Å². The van der Waals surface area contributed by atoms with Gasteiger partial charge in [0.25, 0.3) is 5.56 Å². The zero-order valence-corrected chi connectivity index (χ0v) is 14.9. The van der Waals surface area contributed by atoms with Gasteiger partial charge in [-0.25, -0.2) is 4.98 Å². The second-order valence-electron chi connectivity index (χ2n) is 6.31. The van der Waals surface area contributed by atoms with Crippen molar-refractivity contribution in [2.24, 2.45) is 12.8 Å². The van der Waals surface area contributed by atoms with Crippen LogP contribution in [0.15, 0.2) is 4.79 Å². The molecule has 0 saturated heterocycles. The number of aromatic nitrogens is 3. The van der Waals surface area contributed by atoms with Crippen molar-refractivity contribution in [3.8, 4) is 0 Å². The van der Waals surface area contributed by atoms with E-state index in [9.17, 15) is 9.59 Å². The molecule has 128 valence electrons. The molecule has 2 aromatic heterocycles. The van der Waals surface area contributed by atoms with Crippen LogP contribution in [0.3, 0.4) is 0 Å². The van der Waals surface area contributed by atoms with Crippen molar-refractivity contribution in [2.45, 2.75) is 39.7 Å². The molecule has 0 spiro atoms. The molecule has 0 saturated carbocycles. The van der Waals surface area contributed by atoms with E-state index in [1.807, 2.05) is 27.7 Å². The Morgan fingerprint density at radius 3 is 2.57 bits per heavy atom. The van der Waals surface area contributed by atoms with Gasteiger partial charge in [0, 0.05) is 24.8 Å². The third-order valence-electron chi connectivity index (χ3n) is 3.90. The van der Waals surface area contributed by atoms with Crippen LogP contribution in [0.4, 0.5) is 0 Å². The number of nitrogens with zero attached hydrogens (tertiary/aromatic N) is 2. The summed E-state index contributed by atoms with van der Waals surface area (Å²) in [6.45, 7) is 7.79. The maximum atomic E-state index is 12.2. The Labute approximate surface area is 141 Å². The quantitative estimate of drug-likeness (QED) is 0.761. The fraction of sp³-hybridized carbons (Fsp3) is 0.533. The van der Waals surface area contributed by atoms with E-state index in [0.717, 1.165) is 16.8 Å². The Kier molecular flexibility index (Phi) is 5.60. The van der Waals surface area contributed by atoms with Gasteiger partial charge in [-0.3, -0.25) is 19.4 Å². The summed E-state index contributed by atoms with van der Waals surface area (Å²) in [6, 6.07) is 0. The van der Waals surface area contributed by atoms with Gasteiger partial charge in [-0.1, -0.05) is 0 Å². The minimum absolute atomic E-state index is 0. The fourth-order valence-corrected chi connectivity index (χ4v) is 2.54. The number of hydrogen-bond donors (Lipinski definition) is 3. The molecule has 0 bridgehead atoms. The van der Waals surface area contributed by atoms with Gasteiger partial charge in [0.2, 0.25) is 5.91 Å². The van der Waals surface area contributed by atoms with Gasteiger partial charge in [0.15, 0.2) is 5.65 Å². The fourth-order valence-electron chi connectivity index (χ4n) is 2.54. The lowest BCUT2D eigenvalue weighted by molar-refractivity contribution is -0.121. The summed E-state index contributed by atoms with van der Waals surface area (Å²) in [7, 11) is 1.74. The third kappa shape index (κ3) is 3.73. The van der Waals surface area contributed by atoms with Crippen molar-refractivity contribution in [3.63, 3.8) is 0 Å². The second kappa shape index (κ2) is 6.72. The van der Waals surface area contributed by atoms with Crippen LogP contribution in [0.2, 0.25) is 0 Å². The van der Waals surface area contributed by atoms with Gasteiger partial charge in [0.1, 0.15) is 0 Å². The highest BCUT2D eigenvalue weighted by atomic mass is 35.5. The predicted molar refractivity (Wildman–Crippen MR) is 93.0 cm³/mol. The number of H-pyrrole nitrogens is 1. The van der Waals surface area contributed by atoms with E-state index < -0.39 is 5.54 Å². The Balaban J connectivity index is 0.00000264. The van der Waals surface area contributed by atoms with Crippen molar-refractivity contribution >= 4 is 29.3 Å². The number of halogens is 1. The molecule has 2 rings (SSSR count). The summed E-state index contributed by atoms with van der Waals surface area (Å²) in [5.74, 6) is -0.129. The smallest absolute Gasteiger partial charge is 0.273 e. The standard InChI is InChI=1S/C15H23N5O2.ClH/c1-8-10(6-11(21)18-15(3,4)7-16)9(2)17-13-12(8)14(22)19-20(13)5;/h6-7,16H2,1-5H3,(H,18,21)(H,19,22);1H. The van der Waals surface area contributed by atoms with Crippen LogP contribution in [-0.4, -0.2) is 32.8 Å². The lowest BCUT2D eigenvalue weighted by Crippen LogP contribution is -2.49. The first-order valence-corrected chi connectivity index (χ1v) is 7.22. The van der Waals surface area contributed by atoms with E-state index >= 15 is 0 Å². The first-order valence-electron chi connectivity index (χ1n) is 7.22. The molecule has 0 unspecified atom stereocenters. The molecule has 0 atom stereocenters. The number of aryl methyl sites for hydroxylation is 3. The first-order chi connectivity index (χ1) is 10.2. The van der Waals surface area contributed by atoms with E-state index in [4.69, 9.17) is 5.73 Å².